The number of benzene rings is 1. The van der Waals surface area contributed by atoms with E-state index in [1.165, 1.54) is 12.3 Å². The third-order valence-electron chi connectivity index (χ3n) is 2.81. The van der Waals surface area contributed by atoms with E-state index >= 15 is 0 Å². The van der Waals surface area contributed by atoms with Crippen LogP contribution in [0.2, 0.25) is 5.02 Å². The Morgan fingerprint density at radius 3 is 2.87 bits per heavy atom. The molecule has 0 aliphatic rings. The Hall–Kier alpha value is -2.38. The topological polar surface area (TPSA) is 86.9 Å². The van der Waals surface area contributed by atoms with Crippen molar-refractivity contribution < 1.29 is 14.3 Å². The van der Waals surface area contributed by atoms with Crippen molar-refractivity contribution in [2.24, 2.45) is 5.10 Å². The molecule has 3 N–H and O–H groups in total. The molecule has 2 aromatic rings. The van der Waals surface area contributed by atoms with Crippen molar-refractivity contribution >= 4 is 41.1 Å². The van der Waals surface area contributed by atoms with Crippen LogP contribution in [0.3, 0.4) is 0 Å². The van der Waals surface area contributed by atoms with Gasteiger partial charge in [-0.2, -0.15) is 5.10 Å². The normalized spacial score (nSPS) is 10.7. The molecule has 2 rings (SSSR count). The van der Waals surface area contributed by atoms with Gasteiger partial charge in [0.05, 0.1) is 16.8 Å². The summed E-state index contributed by atoms with van der Waals surface area (Å²) in [6, 6.07) is 8.09. The van der Waals surface area contributed by atoms with E-state index in [1.807, 2.05) is 6.92 Å². The molecule has 0 saturated carbocycles. The van der Waals surface area contributed by atoms with Gasteiger partial charge in [-0.25, -0.2) is 4.79 Å². The number of aromatic carboxylic acids is 1. The quantitative estimate of drug-likeness (QED) is 0.436. The highest BCUT2D eigenvalue weighted by molar-refractivity contribution is 7.80. The fourth-order valence-corrected chi connectivity index (χ4v) is 2.23. The first kappa shape index (κ1) is 17.0. The van der Waals surface area contributed by atoms with Crippen molar-refractivity contribution in [3.05, 3.63) is 46.7 Å². The van der Waals surface area contributed by atoms with E-state index in [0.717, 1.165) is 0 Å². The zero-order valence-electron chi connectivity index (χ0n) is 12.2. The molecule has 0 saturated heterocycles. The number of halogens is 1. The van der Waals surface area contributed by atoms with E-state index in [-0.39, 0.29) is 10.6 Å². The predicted molar refractivity (Wildman–Crippen MR) is 93.1 cm³/mol. The van der Waals surface area contributed by atoms with Crippen LogP contribution in [0.5, 0.6) is 0 Å². The number of nitrogens with one attached hydrogen (secondary N) is 2. The van der Waals surface area contributed by atoms with Gasteiger partial charge in [-0.15, -0.1) is 0 Å². The summed E-state index contributed by atoms with van der Waals surface area (Å²) in [4.78, 5) is 10.9. The highest BCUT2D eigenvalue weighted by atomic mass is 35.5. The summed E-state index contributed by atoms with van der Waals surface area (Å²) >= 11 is 10.9. The molecule has 23 heavy (non-hydrogen) atoms. The maximum atomic E-state index is 10.9. The molecule has 0 aliphatic heterocycles. The molecular formula is C15H14ClN3O3S. The molecule has 0 unspecified atom stereocenters. The molecule has 0 atom stereocenters. The molecule has 0 spiro atoms. The van der Waals surface area contributed by atoms with Gasteiger partial charge in [-0.05, 0) is 43.4 Å². The SMILES string of the molecule is CCNC(=S)NN=Cc1ccc(-c2ccc(C(=O)O)c(Cl)c2)o1. The maximum Gasteiger partial charge on any atom is 0.337 e. The van der Waals surface area contributed by atoms with Crippen LogP contribution >= 0.6 is 23.8 Å². The molecule has 8 heteroatoms. The van der Waals surface area contributed by atoms with Crippen molar-refractivity contribution in [3.8, 4) is 11.3 Å². The summed E-state index contributed by atoms with van der Waals surface area (Å²) in [5, 5.41) is 16.4. The van der Waals surface area contributed by atoms with E-state index < -0.39 is 5.97 Å². The lowest BCUT2D eigenvalue weighted by atomic mass is 10.1. The average molecular weight is 352 g/mol. The average Bonchev–Trinajstić information content (AvgIpc) is 2.96. The largest absolute Gasteiger partial charge is 0.478 e. The fraction of sp³-hybridized carbons (Fsp3) is 0.133. The van der Waals surface area contributed by atoms with Crippen molar-refractivity contribution in [1.29, 1.82) is 0 Å². The van der Waals surface area contributed by atoms with Gasteiger partial charge < -0.3 is 14.8 Å². The third kappa shape index (κ3) is 4.54. The molecule has 0 bridgehead atoms. The number of rotatable bonds is 5. The second-order valence-electron chi connectivity index (χ2n) is 4.43. The highest BCUT2D eigenvalue weighted by Gasteiger charge is 2.11. The summed E-state index contributed by atoms with van der Waals surface area (Å²) in [7, 11) is 0. The number of carboxylic acids is 1. The van der Waals surface area contributed by atoms with Crippen molar-refractivity contribution in [1.82, 2.24) is 10.7 Å². The van der Waals surface area contributed by atoms with Gasteiger partial charge in [0, 0.05) is 12.1 Å². The first-order chi connectivity index (χ1) is 11.0. The first-order valence-corrected chi connectivity index (χ1v) is 7.50. The number of hydrogen-bond acceptors (Lipinski definition) is 4. The Bertz CT molecular complexity index is 758. The monoisotopic (exact) mass is 351 g/mol. The molecule has 1 heterocycles. The van der Waals surface area contributed by atoms with Crippen molar-refractivity contribution in [2.45, 2.75) is 6.92 Å². The number of carbonyl (C=O) groups is 1. The van der Waals surface area contributed by atoms with Gasteiger partial charge in [0.25, 0.3) is 0 Å². The van der Waals surface area contributed by atoms with Gasteiger partial charge >= 0.3 is 5.97 Å². The molecule has 0 aliphatic carbocycles. The van der Waals surface area contributed by atoms with Crippen LogP contribution in [0.25, 0.3) is 11.3 Å². The molecular weight excluding hydrogens is 338 g/mol. The molecule has 0 radical (unpaired) electrons. The van der Waals surface area contributed by atoms with Crippen molar-refractivity contribution in [3.63, 3.8) is 0 Å². The molecule has 6 nitrogen and oxygen atoms in total. The Balaban J connectivity index is 2.10. The summed E-state index contributed by atoms with van der Waals surface area (Å²) in [6.45, 7) is 2.64. The van der Waals surface area contributed by atoms with E-state index in [9.17, 15) is 4.79 Å². The second kappa shape index (κ2) is 7.75. The maximum absolute atomic E-state index is 10.9. The Labute approximate surface area is 143 Å². The number of hydrogen-bond donors (Lipinski definition) is 3. The summed E-state index contributed by atoms with van der Waals surface area (Å²) < 4.78 is 5.61. The summed E-state index contributed by atoms with van der Waals surface area (Å²) in [6.07, 6.45) is 1.49. The fourth-order valence-electron chi connectivity index (χ4n) is 1.77. The number of carboxylic acid groups (broad SMARTS) is 1. The van der Waals surface area contributed by atoms with E-state index in [2.05, 4.69) is 15.8 Å². The van der Waals surface area contributed by atoms with Crippen LogP contribution in [-0.2, 0) is 0 Å². The lowest BCUT2D eigenvalue weighted by Crippen LogP contribution is -2.31. The Morgan fingerprint density at radius 1 is 1.43 bits per heavy atom. The van der Waals surface area contributed by atoms with Crippen LogP contribution in [0, 0.1) is 0 Å². The van der Waals surface area contributed by atoms with Crippen LogP contribution in [0.1, 0.15) is 23.0 Å². The minimum Gasteiger partial charge on any atom is -0.478 e. The number of furan rings is 1. The van der Waals surface area contributed by atoms with Crippen LogP contribution < -0.4 is 10.7 Å². The summed E-state index contributed by atoms with van der Waals surface area (Å²) in [5.74, 6) is 0.00123. The lowest BCUT2D eigenvalue weighted by Gasteiger charge is -2.02. The molecule has 0 amide bonds. The van der Waals surface area contributed by atoms with Crippen molar-refractivity contribution in [2.75, 3.05) is 6.54 Å². The summed E-state index contributed by atoms with van der Waals surface area (Å²) in [5.41, 5.74) is 3.38. The van der Waals surface area contributed by atoms with Gasteiger partial charge in [-0.3, -0.25) is 5.43 Å². The van der Waals surface area contributed by atoms with Gasteiger partial charge in [-0.1, -0.05) is 17.7 Å². The Kier molecular flexibility index (Phi) is 5.72. The van der Waals surface area contributed by atoms with Crippen LogP contribution in [0.15, 0.2) is 39.9 Å². The lowest BCUT2D eigenvalue weighted by molar-refractivity contribution is 0.0697. The van der Waals surface area contributed by atoms with E-state index in [4.69, 9.17) is 33.3 Å². The second-order valence-corrected chi connectivity index (χ2v) is 5.25. The zero-order valence-corrected chi connectivity index (χ0v) is 13.7. The highest BCUT2D eigenvalue weighted by Crippen LogP contribution is 2.27. The van der Waals surface area contributed by atoms with Crippen LogP contribution in [0.4, 0.5) is 0 Å². The van der Waals surface area contributed by atoms with Crippen LogP contribution in [-0.4, -0.2) is 28.9 Å². The standard InChI is InChI=1S/C15H14ClN3O3S/c1-2-17-15(23)19-18-8-10-4-6-13(22-10)9-3-5-11(14(20)21)12(16)7-9/h3-8H,2H2,1H3,(H,20,21)(H2,17,19,23). The predicted octanol–water partition coefficient (Wildman–Crippen LogP) is 3.12. The van der Waals surface area contributed by atoms with E-state index in [0.29, 0.717) is 28.7 Å². The first-order valence-electron chi connectivity index (χ1n) is 6.71. The van der Waals surface area contributed by atoms with Gasteiger partial charge in [0.2, 0.25) is 0 Å². The molecule has 0 fully saturated rings. The number of thiocarbonyl (C=S) groups is 1. The zero-order chi connectivity index (χ0) is 16.8. The minimum atomic E-state index is -1.07. The number of hydrazone groups is 1. The molecule has 120 valence electrons. The minimum absolute atomic E-state index is 0.0462. The van der Waals surface area contributed by atoms with Gasteiger partial charge in [0.1, 0.15) is 11.5 Å². The van der Waals surface area contributed by atoms with E-state index in [1.54, 1.807) is 24.3 Å². The number of nitrogens with zero attached hydrogens (tertiary/aromatic N) is 1. The molecule has 1 aromatic heterocycles. The third-order valence-corrected chi connectivity index (χ3v) is 3.35. The van der Waals surface area contributed by atoms with Gasteiger partial charge in [0.15, 0.2) is 5.11 Å². The smallest absolute Gasteiger partial charge is 0.337 e. The Morgan fingerprint density at radius 2 is 2.22 bits per heavy atom. The molecule has 1 aromatic carbocycles.